The standard InChI is InChI=1S/C19H14ClF4N3O/c20-13-2-1-3-15(9-13)27-16(10-17(26-27)19(22,23)24)11-25-18(28)8-12-4-6-14(21)7-5-12/h1-7,9-10H,8,11H2,(H,25,28). The molecule has 0 bridgehead atoms. The zero-order valence-electron chi connectivity index (χ0n) is 14.3. The first-order chi connectivity index (χ1) is 13.2. The molecule has 1 aromatic heterocycles. The van der Waals surface area contributed by atoms with Crippen LogP contribution >= 0.6 is 11.6 Å². The maximum Gasteiger partial charge on any atom is 0.435 e. The lowest BCUT2D eigenvalue weighted by Gasteiger charge is -2.09. The number of benzene rings is 2. The van der Waals surface area contributed by atoms with Crippen LogP contribution in [0.25, 0.3) is 5.69 Å². The third kappa shape index (κ3) is 4.89. The third-order valence-electron chi connectivity index (χ3n) is 3.87. The van der Waals surface area contributed by atoms with Crippen LogP contribution in [0, 0.1) is 5.82 Å². The average Bonchev–Trinajstić information content (AvgIpc) is 3.07. The number of halogens is 5. The number of carbonyl (C=O) groups excluding carboxylic acids is 1. The molecule has 0 radical (unpaired) electrons. The highest BCUT2D eigenvalue weighted by molar-refractivity contribution is 6.30. The van der Waals surface area contributed by atoms with Gasteiger partial charge in [-0.3, -0.25) is 4.79 Å². The van der Waals surface area contributed by atoms with E-state index in [1.54, 1.807) is 18.2 Å². The molecule has 1 amide bonds. The number of rotatable bonds is 5. The lowest BCUT2D eigenvalue weighted by molar-refractivity contribution is -0.141. The number of carbonyl (C=O) groups is 1. The number of hydrogen-bond donors (Lipinski definition) is 1. The summed E-state index contributed by atoms with van der Waals surface area (Å²) in [5.41, 5.74) is -0.0127. The van der Waals surface area contributed by atoms with Gasteiger partial charge in [-0.05, 0) is 42.0 Å². The molecule has 0 saturated carbocycles. The Morgan fingerprint density at radius 1 is 1.11 bits per heavy atom. The summed E-state index contributed by atoms with van der Waals surface area (Å²) in [6, 6.07) is 12.5. The Kier molecular flexibility index (Phi) is 5.69. The molecule has 9 heteroatoms. The first-order valence-electron chi connectivity index (χ1n) is 8.15. The van der Waals surface area contributed by atoms with Gasteiger partial charge in [0.15, 0.2) is 5.69 Å². The van der Waals surface area contributed by atoms with Gasteiger partial charge in [-0.2, -0.15) is 18.3 Å². The van der Waals surface area contributed by atoms with Crippen molar-refractivity contribution in [3.63, 3.8) is 0 Å². The molecular weight excluding hydrogens is 398 g/mol. The van der Waals surface area contributed by atoms with Crippen molar-refractivity contribution in [1.82, 2.24) is 15.1 Å². The smallest absolute Gasteiger partial charge is 0.350 e. The fourth-order valence-corrected chi connectivity index (χ4v) is 2.74. The van der Waals surface area contributed by atoms with Gasteiger partial charge in [-0.25, -0.2) is 9.07 Å². The van der Waals surface area contributed by atoms with Gasteiger partial charge in [0, 0.05) is 5.02 Å². The third-order valence-corrected chi connectivity index (χ3v) is 4.11. The lowest BCUT2D eigenvalue weighted by Crippen LogP contribution is -2.25. The van der Waals surface area contributed by atoms with E-state index in [-0.39, 0.29) is 18.7 Å². The molecule has 146 valence electrons. The lowest BCUT2D eigenvalue weighted by atomic mass is 10.1. The van der Waals surface area contributed by atoms with Crippen molar-refractivity contribution in [3.05, 3.63) is 82.4 Å². The van der Waals surface area contributed by atoms with Crippen molar-refractivity contribution < 1.29 is 22.4 Å². The fourth-order valence-electron chi connectivity index (χ4n) is 2.55. The van der Waals surface area contributed by atoms with Crippen LogP contribution in [0.15, 0.2) is 54.6 Å². The second kappa shape index (κ2) is 8.02. The summed E-state index contributed by atoms with van der Waals surface area (Å²) in [5.74, 6) is -0.840. The van der Waals surface area contributed by atoms with Gasteiger partial charge in [-0.15, -0.1) is 0 Å². The van der Waals surface area contributed by atoms with Crippen LogP contribution in [0.2, 0.25) is 5.02 Å². The van der Waals surface area contributed by atoms with E-state index in [4.69, 9.17) is 11.6 Å². The summed E-state index contributed by atoms with van der Waals surface area (Å²) in [7, 11) is 0. The number of amides is 1. The molecule has 0 aliphatic carbocycles. The van der Waals surface area contributed by atoms with Gasteiger partial charge in [-0.1, -0.05) is 29.8 Å². The Bertz CT molecular complexity index is 984. The van der Waals surface area contributed by atoms with Gasteiger partial charge in [0.05, 0.1) is 24.3 Å². The molecule has 3 aromatic rings. The van der Waals surface area contributed by atoms with E-state index in [0.29, 0.717) is 16.3 Å². The largest absolute Gasteiger partial charge is 0.435 e. The minimum Gasteiger partial charge on any atom is -0.350 e. The van der Waals surface area contributed by atoms with Gasteiger partial charge in [0.25, 0.3) is 0 Å². The van der Waals surface area contributed by atoms with Crippen molar-refractivity contribution in [2.45, 2.75) is 19.1 Å². The van der Waals surface area contributed by atoms with E-state index >= 15 is 0 Å². The highest BCUT2D eigenvalue weighted by atomic mass is 35.5. The summed E-state index contributed by atoms with van der Waals surface area (Å²) in [5, 5.41) is 6.50. The normalized spacial score (nSPS) is 11.5. The SMILES string of the molecule is O=C(Cc1ccc(F)cc1)NCc1cc(C(F)(F)F)nn1-c1cccc(Cl)c1. The molecule has 0 unspecified atom stereocenters. The second-order valence-electron chi connectivity index (χ2n) is 5.99. The molecule has 4 nitrogen and oxygen atoms in total. The Balaban J connectivity index is 1.79. The molecule has 1 N–H and O–H groups in total. The molecule has 1 heterocycles. The minimum atomic E-state index is -4.63. The topological polar surface area (TPSA) is 46.9 Å². The van der Waals surface area contributed by atoms with E-state index in [2.05, 4.69) is 10.4 Å². The molecule has 28 heavy (non-hydrogen) atoms. The van der Waals surface area contributed by atoms with Crippen LogP contribution in [0.4, 0.5) is 17.6 Å². The van der Waals surface area contributed by atoms with Crippen LogP contribution in [-0.2, 0) is 23.9 Å². The number of nitrogens with one attached hydrogen (secondary N) is 1. The van der Waals surface area contributed by atoms with Crippen molar-refractivity contribution in [2.24, 2.45) is 0 Å². The average molecular weight is 412 g/mol. The number of alkyl halides is 3. The Morgan fingerprint density at radius 3 is 2.46 bits per heavy atom. The van der Waals surface area contributed by atoms with E-state index in [9.17, 15) is 22.4 Å². The van der Waals surface area contributed by atoms with Gasteiger partial charge in [0.2, 0.25) is 5.91 Å². The predicted molar refractivity (Wildman–Crippen MR) is 95.5 cm³/mol. The molecule has 0 aliphatic rings. The van der Waals surface area contributed by atoms with Gasteiger partial charge in [0.1, 0.15) is 5.82 Å². The summed E-state index contributed by atoms with van der Waals surface area (Å²) in [4.78, 5) is 12.1. The highest BCUT2D eigenvalue weighted by Crippen LogP contribution is 2.30. The second-order valence-corrected chi connectivity index (χ2v) is 6.43. The van der Waals surface area contributed by atoms with E-state index in [1.165, 1.54) is 30.3 Å². The molecular formula is C19H14ClF4N3O. The molecule has 0 spiro atoms. The molecule has 0 atom stereocenters. The summed E-state index contributed by atoms with van der Waals surface area (Å²) >= 11 is 5.91. The minimum absolute atomic E-state index is 0.0300. The zero-order chi connectivity index (χ0) is 20.3. The van der Waals surface area contributed by atoms with Crippen LogP contribution in [0.3, 0.4) is 0 Å². The van der Waals surface area contributed by atoms with Gasteiger partial charge < -0.3 is 5.32 Å². The van der Waals surface area contributed by atoms with E-state index in [1.807, 2.05) is 0 Å². The Hall–Kier alpha value is -2.87. The summed E-state index contributed by atoms with van der Waals surface area (Å²) < 4.78 is 53.2. The van der Waals surface area contributed by atoms with Crippen LogP contribution < -0.4 is 5.32 Å². The predicted octanol–water partition coefficient (Wildman–Crippen LogP) is 4.54. The molecule has 0 aliphatic heterocycles. The zero-order valence-corrected chi connectivity index (χ0v) is 15.1. The highest BCUT2D eigenvalue weighted by Gasteiger charge is 2.35. The van der Waals surface area contributed by atoms with Crippen molar-refractivity contribution in [2.75, 3.05) is 0 Å². The Labute approximate surface area is 162 Å². The molecule has 2 aromatic carbocycles. The quantitative estimate of drug-likeness (QED) is 0.626. The summed E-state index contributed by atoms with van der Waals surface area (Å²) in [6.45, 7) is -0.171. The molecule has 0 saturated heterocycles. The van der Waals surface area contributed by atoms with Crippen LogP contribution in [0.5, 0.6) is 0 Å². The first kappa shape index (κ1) is 19.9. The fraction of sp³-hybridized carbons (Fsp3) is 0.158. The maximum absolute atomic E-state index is 13.1. The van der Waals surface area contributed by atoms with E-state index in [0.717, 1.165) is 10.7 Å². The van der Waals surface area contributed by atoms with Gasteiger partial charge >= 0.3 is 6.18 Å². The maximum atomic E-state index is 13.1. The van der Waals surface area contributed by atoms with Crippen molar-refractivity contribution >= 4 is 17.5 Å². The number of nitrogens with zero attached hydrogens (tertiary/aromatic N) is 2. The first-order valence-corrected chi connectivity index (χ1v) is 8.53. The number of aromatic nitrogens is 2. The van der Waals surface area contributed by atoms with Crippen LogP contribution in [0.1, 0.15) is 17.0 Å². The van der Waals surface area contributed by atoms with Crippen LogP contribution in [-0.4, -0.2) is 15.7 Å². The van der Waals surface area contributed by atoms with E-state index < -0.39 is 23.6 Å². The molecule has 0 fully saturated rings. The van der Waals surface area contributed by atoms with Crippen molar-refractivity contribution in [3.8, 4) is 5.69 Å². The molecule has 3 rings (SSSR count). The Morgan fingerprint density at radius 2 is 1.82 bits per heavy atom. The van der Waals surface area contributed by atoms with Crippen molar-refractivity contribution in [1.29, 1.82) is 0 Å². The monoisotopic (exact) mass is 411 g/mol. The summed E-state index contributed by atoms with van der Waals surface area (Å²) in [6.07, 6.45) is -4.66. The number of hydrogen-bond acceptors (Lipinski definition) is 2.